The van der Waals surface area contributed by atoms with E-state index in [4.69, 9.17) is 0 Å². The van der Waals surface area contributed by atoms with Crippen molar-refractivity contribution in [2.45, 2.75) is 25.4 Å². The molecule has 2 amide bonds. The predicted molar refractivity (Wildman–Crippen MR) is 86.3 cm³/mol. The van der Waals surface area contributed by atoms with E-state index >= 15 is 0 Å². The van der Waals surface area contributed by atoms with Crippen LogP contribution in [0, 0.1) is 6.92 Å². The molecule has 2 aromatic rings. The van der Waals surface area contributed by atoms with Crippen LogP contribution in [0.15, 0.2) is 0 Å². The second kappa shape index (κ2) is 4.92. The summed E-state index contributed by atoms with van der Waals surface area (Å²) in [6.45, 7) is 2.69. The molecule has 0 aliphatic carbocycles. The van der Waals surface area contributed by atoms with Crippen molar-refractivity contribution in [3.8, 4) is 0 Å². The van der Waals surface area contributed by atoms with Crippen molar-refractivity contribution < 1.29 is 9.59 Å². The Bertz CT molecular complexity index is 777. The molecule has 8 nitrogen and oxygen atoms in total. The first kappa shape index (κ1) is 14.4. The number of hydrogen-bond donors (Lipinski definition) is 1. The number of anilines is 1. The quantitative estimate of drug-likeness (QED) is 0.848. The van der Waals surface area contributed by atoms with Crippen molar-refractivity contribution in [1.29, 1.82) is 0 Å². The Morgan fingerprint density at radius 3 is 2.83 bits per heavy atom. The van der Waals surface area contributed by atoms with Gasteiger partial charge in [-0.05, 0) is 13.3 Å². The maximum Gasteiger partial charge on any atom is 0.245 e. The molecular formula is C14H18N6O2S. The Morgan fingerprint density at radius 2 is 2.09 bits per heavy atom. The maximum atomic E-state index is 12.2. The molecule has 23 heavy (non-hydrogen) atoms. The highest BCUT2D eigenvalue weighted by Crippen LogP contribution is 2.31. The summed E-state index contributed by atoms with van der Waals surface area (Å²) in [5.74, 6) is 0.0454. The van der Waals surface area contributed by atoms with Crippen molar-refractivity contribution in [3.05, 3.63) is 5.69 Å². The number of aromatic nitrogens is 3. The van der Waals surface area contributed by atoms with Crippen LogP contribution in [0.2, 0.25) is 0 Å². The van der Waals surface area contributed by atoms with E-state index < -0.39 is 0 Å². The van der Waals surface area contributed by atoms with Gasteiger partial charge < -0.3 is 15.1 Å². The average molecular weight is 334 g/mol. The maximum absolute atomic E-state index is 12.2. The number of fused-ring (bicyclic) bond motifs is 2. The molecule has 0 aromatic carbocycles. The van der Waals surface area contributed by atoms with E-state index in [0.717, 1.165) is 21.2 Å². The van der Waals surface area contributed by atoms with Crippen molar-refractivity contribution in [2.24, 2.45) is 7.05 Å². The summed E-state index contributed by atoms with van der Waals surface area (Å²) in [6, 6.07) is -0.287. The molecule has 1 N–H and O–H groups in total. The number of piperazine rings is 1. The highest BCUT2D eigenvalue weighted by molar-refractivity contribution is 7.22. The topological polar surface area (TPSA) is 83.4 Å². The summed E-state index contributed by atoms with van der Waals surface area (Å²) in [4.78, 5) is 32.1. The number of nitrogens with one attached hydrogen (secondary N) is 1. The molecule has 2 aliphatic rings. The molecule has 122 valence electrons. The molecule has 2 saturated heterocycles. The Hall–Kier alpha value is -2.16. The molecule has 0 unspecified atom stereocenters. The van der Waals surface area contributed by atoms with Crippen LogP contribution in [0.1, 0.15) is 12.1 Å². The van der Waals surface area contributed by atoms with Gasteiger partial charge in [-0.2, -0.15) is 5.10 Å². The van der Waals surface area contributed by atoms with Crippen molar-refractivity contribution >= 4 is 38.6 Å². The molecule has 4 heterocycles. The minimum Gasteiger partial charge on any atom is -0.357 e. The van der Waals surface area contributed by atoms with Crippen molar-refractivity contribution in [1.82, 2.24) is 24.6 Å². The third-order valence-corrected chi connectivity index (χ3v) is 5.61. The first-order valence-corrected chi connectivity index (χ1v) is 8.37. The van der Waals surface area contributed by atoms with Gasteiger partial charge in [-0.3, -0.25) is 9.59 Å². The van der Waals surface area contributed by atoms with E-state index in [1.807, 2.05) is 14.0 Å². The van der Waals surface area contributed by atoms with Gasteiger partial charge in [-0.25, -0.2) is 9.67 Å². The molecule has 2 aromatic heterocycles. The van der Waals surface area contributed by atoms with Crippen molar-refractivity contribution in [3.63, 3.8) is 0 Å². The smallest absolute Gasteiger partial charge is 0.245 e. The molecule has 2 aliphatic heterocycles. The minimum absolute atomic E-state index is 0.0192. The van der Waals surface area contributed by atoms with Gasteiger partial charge in [0.15, 0.2) is 10.8 Å². The Morgan fingerprint density at radius 1 is 1.30 bits per heavy atom. The highest BCUT2D eigenvalue weighted by Gasteiger charge is 2.44. The van der Waals surface area contributed by atoms with E-state index in [-0.39, 0.29) is 30.4 Å². The SMILES string of the molecule is Cc1nn(C)c2nc(N[C@@H]3C[C@H]4C(=O)N(C)CC(=O)N4C3)sc12. The number of hydrogen-bond acceptors (Lipinski definition) is 6. The van der Waals surface area contributed by atoms with E-state index in [0.29, 0.717) is 13.0 Å². The van der Waals surface area contributed by atoms with Crippen LogP contribution >= 0.6 is 11.3 Å². The number of likely N-dealkylation sites (N-methyl/N-ethyl adjacent to an activating group) is 1. The molecule has 0 spiro atoms. The van der Waals surface area contributed by atoms with Gasteiger partial charge in [-0.15, -0.1) is 0 Å². The largest absolute Gasteiger partial charge is 0.357 e. The van der Waals surface area contributed by atoms with Gasteiger partial charge in [0, 0.05) is 26.7 Å². The summed E-state index contributed by atoms with van der Waals surface area (Å²) in [5.41, 5.74) is 1.82. The standard InChI is InChI=1S/C14H18N6O2S/c1-7-11-12(19(3)17-7)16-14(23-11)15-8-4-9-13(22)18(2)6-10(21)20(9)5-8/h8-9H,4-6H2,1-3H3,(H,15,16)/t8-,9+/m1/s1. The normalized spacial score (nSPS) is 24.7. The van der Waals surface area contributed by atoms with E-state index in [2.05, 4.69) is 15.4 Å². The van der Waals surface area contributed by atoms with Gasteiger partial charge in [0.25, 0.3) is 0 Å². The lowest BCUT2D eigenvalue weighted by Gasteiger charge is -2.33. The highest BCUT2D eigenvalue weighted by atomic mass is 32.1. The molecule has 9 heteroatoms. The van der Waals surface area contributed by atoms with E-state index in [1.165, 1.54) is 4.90 Å². The molecule has 2 fully saturated rings. The number of rotatable bonds is 2. The fraction of sp³-hybridized carbons (Fsp3) is 0.571. The number of amides is 2. The summed E-state index contributed by atoms with van der Waals surface area (Å²) in [5, 5.41) is 8.54. The lowest BCUT2D eigenvalue weighted by atomic mass is 10.1. The summed E-state index contributed by atoms with van der Waals surface area (Å²) < 4.78 is 2.84. The number of aryl methyl sites for hydroxylation is 2. The first-order chi connectivity index (χ1) is 10.9. The van der Waals surface area contributed by atoms with Crippen LogP contribution in [-0.2, 0) is 16.6 Å². The van der Waals surface area contributed by atoms with Crippen LogP contribution in [0.4, 0.5) is 5.13 Å². The molecule has 0 radical (unpaired) electrons. The summed E-state index contributed by atoms with van der Waals surface area (Å²) in [6.07, 6.45) is 0.627. The van der Waals surface area contributed by atoms with Crippen LogP contribution in [-0.4, -0.2) is 68.6 Å². The van der Waals surface area contributed by atoms with Crippen LogP contribution < -0.4 is 5.32 Å². The fourth-order valence-electron chi connectivity index (χ4n) is 3.40. The monoisotopic (exact) mass is 334 g/mol. The van der Waals surface area contributed by atoms with Gasteiger partial charge in [0.2, 0.25) is 11.8 Å². The molecule has 0 bridgehead atoms. The minimum atomic E-state index is -0.337. The zero-order valence-corrected chi connectivity index (χ0v) is 14.1. The Labute approximate surface area is 137 Å². The molecule has 0 saturated carbocycles. The lowest BCUT2D eigenvalue weighted by molar-refractivity contribution is -0.152. The van der Waals surface area contributed by atoms with E-state index in [9.17, 15) is 9.59 Å². The van der Waals surface area contributed by atoms with Crippen LogP contribution in [0.25, 0.3) is 10.3 Å². The molecule has 2 atom stereocenters. The lowest BCUT2D eigenvalue weighted by Crippen LogP contribution is -2.55. The molecular weight excluding hydrogens is 316 g/mol. The number of carbonyl (C=O) groups excluding carboxylic acids is 2. The third-order valence-electron chi connectivity index (χ3n) is 4.53. The number of carbonyl (C=O) groups is 2. The Kier molecular flexibility index (Phi) is 3.09. The summed E-state index contributed by atoms with van der Waals surface area (Å²) >= 11 is 1.56. The fourth-order valence-corrected chi connectivity index (χ4v) is 4.41. The van der Waals surface area contributed by atoms with Gasteiger partial charge in [0.1, 0.15) is 6.04 Å². The molecule has 4 rings (SSSR count). The van der Waals surface area contributed by atoms with Crippen molar-refractivity contribution in [2.75, 3.05) is 25.5 Å². The van der Waals surface area contributed by atoms with E-state index in [1.54, 1.807) is 28.0 Å². The van der Waals surface area contributed by atoms with Crippen LogP contribution in [0.3, 0.4) is 0 Å². The third kappa shape index (κ3) is 2.18. The predicted octanol–water partition coefficient (Wildman–Crippen LogP) is 0.192. The number of nitrogens with zero attached hydrogens (tertiary/aromatic N) is 5. The first-order valence-electron chi connectivity index (χ1n) is 7.55. The second-order valence-electron chi connectivity index (χ2n) is 6.21. The zero-order valence-electron chi connectivity index (χ0n) is 13.2. The second-order valence-corrected chi connectivity index (χ2v) is 7.21. The average Bonchev–Trinajstić information content (AvgIpc) is 3.15. The van der Waals surface area contributed by atoms with Gasteiger partial charge >= 0.3 is 0 Å². The number of thiazole rings is 1. The Balaban J connectivity index is 1.54. The van der Waals surface area contributed by atoms with Gasteiger partial charge in [-0.1, -0.05) is 11.3 Å². The zero-order chi connectivity index (χ0) is 16.3. The van der Waals surface area contributed by atoms with Crippen LogP contribution in [0.5, 0.6) is 0 Å². The summed E-state index contributed by atoms with van der Waals surface area (Å²) in [7, 11) is 3.56. The van der Waals surface area contributed by atoms with Gasteiger partial charge in [0.05, 0.1) is 16.9 Å².